The van der Waals surface area contributed by atoms with Gasteiger partial charge in [-0.25, -0.2) is 0 Å². The molecule has 0 N–H and O–H groups in total. The van der Waals surface area contributed by atoms with Crippen LogP contribution in [0, 0.1) is 0 Å². The number of hydrogen-bond acceptors (Lipinski definition) is 0. The molecule has 0 saturated carbocycles. The molecule has 0 atom stereocenters. The zero-order valence-corrected chi connectivity index (χ0v) is 19.7. The first-order valence-electron chi connectivity index (χ1n) is 12.4. The average Bonchev–Trinajstić information content (AvgIpc) is 2.73. The molecule has 2 aromatic rings. The van der Waals surface area contributed by atoms with Crippen molar-refractivity contribution in [1.29, 1.82) is 0 Å². The Balaban J connectivity index is 2.26. The van der Waals surface area contributed by atoms with Crippen LogP contribution in [-0.2, 0) is 32.1 Å². The van der Waals surface area contributed by atoms with Crippen molar-refractivity contribution in [2.75, 3.05) is 0 Å². The fraction of sp³-hybridized carbons (Fsp3) is 0.586. The van der Waals surface area contributed by atoms with Crippen molar-refractivity contribution in [3.8, 4) is 0 Å². The van der Waals surface area contributed by atoms with Gasteiger partial charge in [0.15, 0.2) is 0 Å². The van der Waals surface area contributed by atoms with E-state index in [4.69, 9.17) is 0 Å². The third kappa shape index (κ3) is 8.77. The van der Waals surface area contributed by atoms with E-state index in [1.165, 1.54) is 88.2 Å². The van der Waals surface area contributed by atoms with Crippen LogP contribution in [0.4, 0.5) is 0 Å². The Morgan fingerprint density at radius 1 is 0.379 bits per heavy atom. The smallest absolute Gasteiger partial charge is 0.00254 e. The van der Waals surface area contributed by atoms with E-state index in [2.05, 4.69) is 64.1 Å². The van der Waals surface area contributed by atoms with Crippen molar-refractivity contribution in [2.24, 2.45) is 0 Å². The number of hydrogen-bond donors (Lipinski definition) is 0. The van der Waals surface area contributed by atoms with Crippen LogP contribution < -0.4 is 0 Å². The van der Waals surface area contributed by atoms with E-state index < -0.39 is 0 Å². The molecule has 0 fully saturated rings. The first kappa shape index (κ1) is 23.7. The van der Waals surface area contributed by atoms with Crippen LogP contribution in [0.25, 0.3) is 0 Å². The lowest BCUT2D eigenvalue weighted by Crippen LogP contribution is -1.99. The van der Waals surface area contributed by atoms with Crippen molar-refractivity contribution in [1.82, 2.24) is 0 Å². The van der Waals surface area contributed by atoms with E-state index in [0.717, 1.165) is 6.42 Å². The Kier molecular flexibility index (Phi) is 11.1. The Morgan fingerprint density at radius 3 is 0.862 bits per heavy atom. The Hall–Kier alpha value is -1.56. The topological polar surface area (TPSA) is 0 Å². The second kappa shape index (κ2) is 13.6. The van der Waals surface area contributed by atoms with E-state index in [1.807, 2.05) is 0 Å². The van der Waals surface area contributed by atoms with Gasteiger partial charge in [0.25, 0.3) is 0 Å². The Labute approximate surface area is 181 Å². The summed E-state index contributed by atoms with van der Waals surface area (Å²) in [4.78, 5) is 0. The standard InChI is InChI=1S/C29H44/c1-5-9-13-24-17-25(14-10-6-2)20-28(19-24)23-29-21-26(15-11-7-3)18-27(22-29)16-12-8-4/h17-22H,5-16,23H2,1-4H3. The van der Waals surface area contributed by atoms with Crippen LogP contribution in [0.5, 0.6) is 0 Å². The maximum Gasteiger partial charge on any atom is -0.00254 e. The van der Waals surface area contributed by atoms with Crippen LogP contribution in [-0.4, -0.2) is 0 Å². The van der Waals surface area contributed by atoms with E-state index in [1.54, 1.807) is 22.3 Å². The SMILES string of the molecule is CCCCc1cc(CCCC)cc(Cc2cc(CCCC)cc(CCCC)c2)c1. The highest BCUT2D eigenvalue weighted by molar-refractivity contribution is 5.37. The molecule has 29 heavy (non-hydrogen) atoms. The van der Waals surface area contributed by atoms with Crippen molar-refractivity contribution in [3.63, 3.8) is 0 Å². The van der Waals surface area contributed by atoms with Gasteiger partial charge in [0.2, 0.25) is 0 Å². The molecule has 0 aliphatic heterocycles. The summed E-state index contributed by atoms with van der Waals surface area (Å²) in [6.45, 7) is 9.17. The molecule has 0 saturated heterocycles. The molecular weight excluding hydrogens is 348 g/mol. The molecule has 0 nitrogen and oxygen atoms in total. The number of unbranched alkanes of at least 4 members (excludes halogenated alkanes) is 4. The summed E-state index contributed by atoms with van der Waals surface area (Å²) in [5.74, 6) is 0. The van der Waals surface area contributed by atoms with Crippen molar-refractivity contribution in [2.45, 2.75) is 111 Å². The zero-order chi connectivity index (χ0) is 20.9. The first-order chi connectivity index (χ1) is 14.2. The maximum atomic E-state index is 2.48. The second-order valence-corrected chi connectivity index (χ2v) is 8.91. The zero-order valence-electron chi connectivity index (χ0n) is 19.7. The summed E-state index contributed by atoms with van der Waals surface area (Å²) in [7, 11) is 0. The van der Waals surface area contributed by atoms with Gasteiger partial charge in [0.1, 0.15) is 0 Å². The highest BCUT2D eigenvalue weighted by Crippen LogP contribution is 2.21. The molecule has 0 heterocycles. The van der Waals surface area contributed by atoms with Gasteiger partial charge in [0.05, 0.1) is 0 Å². The molecule has 2 rings (SSSR count). The summed E-state index contributed by atoms with van der Waals surface area (Å²) in [6, 6.07) is 14.9. The number of benzene rings is 2. The number of aryl methyl sites for hydroxylation is 4. The quantitative estimate of drug-likeness (QED) is 0.302. The lowest BCUT2D eigenvalue weighted by molar-refractivity contribution is 0.776. The monoisotopic (exact) mass is 392 g/mol. The molecule has 0 unspecified atom stereocenters. The lowest BCUT2D eigenvalue weighted by Gasteiger charge is -2.13. The minimum absolute atomic E-state index is 1.08. The summed E-state index contributed by atoms with van der Waals surface area (Å²) < 4.78 is 0. The summed E-state index contributed by atoms with van der Waals surface area (Å²) >= 11 is 0. The van der Waals surface area contributed by atoms with Crippen molar-refractivity contribution < 1.29 is 0 Å². The first-order valence-corrected chi connectivity index (χ1v) is 12.4. The Morgan fingerprint density at radius 2 is 0.621 bits per heavy atom. The molecule has 0 aliphatic rings. The van der Waals surface area contributed by atoms with Gasteiger partial charge >= 0.3 is 0 Å². The maximum absolute atomic E-state index is 2.48. The summed E-state index contributed by atoms with van der Waals surface area (Å²) in [5, 5.41) is 0. The van der Waals surface area contributed by atoms with Crippen LogP contribution >= 0.6 is 0 Å². The highest BCUT2D eigenvalue weighted by atomic mass is 14.1. The van der Waals surface area contributed by atoms with E-state index in [0.29, 0.717) is 0 Å². The van der Waals surface area contributed by atoms with E-state index in [-0.39, 0.29) is 0 Å². The second-order valence-electron chi connectivity index (χ2n) is 8.91. The predicted molar refractivity (Wildman–Crippen MR) is 130 cm³/mol. The third-order valence-corrected chi connectivity index (χ3v) is 5.91. The van der Waals surface area contributed by atoms with Gasteiger partial charge in [-0.3, -0.25) is 0 Å². The minimum Gasteiger partial charge on any atom is -0.0654 e. The molecule has 0 bridgehead atoms. The largest absolute Gasteiger partial charge is 0.0654 e. The van der Waals surface area contributed by atoms with Crippen LogP contribution in [0.1, 0.15) is 112 Å². The van der Waals surface area contributed by atoms with Crippen LogP contribution in [0.2, 0.25) is 0 Å². The lowest BCUT2D eigenvalue weighted by atomic mass is 9.93. The third-order valence-electron chi connectivity index (χ3n) is 5.91. The van der Waals surface area contributed by atoms with Gasteiger partial charge in [0, 0.05) is 0 Å². The average molecular weight is 393 g/mol. The molecular formula is C29H44. The highest BCUT2D eigenvalue weighted by Gasteiger charge is 2.06. The molecule has 0 aromatic heterocycles. The Bertz CT molecular complexity index is 596. The van der Waals surface area contributed by atoms with Crippen molar-refractivity contribution in [3.05, 3.63) is 69.8 Å². The van der Waals surface area contributed by atoms with Gasteiger partial charge in [-0.05, 0) is 91.2 Å². The fourth-order valence-corrected chi connectivity index (χ4v) is 4.22. The van der Waals surface area contributed by atoms with E-state index in [9.17, 15) is 0 Å². The fourth-order valence-electron chi connectivity index (χ4n) is 4.22. The van der Waals surface area contributed by atoms with Gasteiger partial charge in [-0.15, -0.1) is 0 Å². The molecule has 0 spiro atoms. The van der Waals surface area contributed by atoms with Gasteiger partial charge < -0.3 is 0 Å². The number of rotatable bonds is 14. The van der Waals surface area contributed by atoms with Crippen LogP contribution in [0.15, 0.2) is 36.4 Å². The molecule has 0 heteroatoms. The molecule has 0 radical (unpaired) electrons. The summed E-state index contributed by atoms with van der Waals surface area (Å²) in [6.07, 6.45) is 16.3. The van der Waals surface area contributed by atoms with Crippen LogP contribution in [0.3, 0.4) is 0 Å². The predicted octanol–water partition coefficient (Wildman–Crippen LogP) is 8.65. The normalized spacial score (nSPS) is 11.2. The van der Waals surface area contributed by atoms with Crippen molar-refractivity contribution >= 4 is 0 Å². The molecule has 0 amide bonds. The molecule has 2 aromatic carbocycles. The van der Waals surface area contributed by atoms with Gasteiger partial charge in [-0.2, -0.15) is 0 Å². The summed E-state index contributed by atoms with van der Waals surface area (Å²) in [5.41, 5.74) is 9.21. The minimum atomic E-state index is 1.08. The molecule has 0 aliphatic carbocycles. The van der Waals surface area contributed by atoms with E-state index >= 15 is 0 Å². The molecule has 160 valence electrons. The van der Waals surface area contributed by atoms with Gasteiger partial charge in [-0.1, -0.05) is 89.8 Å².